The van der Waals surface area contributed by atoms with Crippen LogP contribution < -0.4 is 0 Å². The van der Waals surface area contributed by atoms with Crippen LogP contribution in [0.25, 0.3) is 0 Å². The van der Waals surface area contributed by atoms with E-state index >= 15 is 0 Å². The summed E-state index contributed by atoms with van der Waals surface area (Å²) in [5.41, 5.74) is 1.45. The highest BCUT2D eigenvalue weighted by atomic mass is 32.2. The molecule has 0 unspecified atom stereocenters. The Labute approximate surface area is 178 Å². The van der Waals surface area contributed by atoms with E-state index in [1.165, 1.54) is 23.9 Å². The number of benzene rings is 2. The summed E-state index contributed by atoms with van der Waals surface area (Å²) in [6.07, 6.45) is 1.81. The topological polar surface area (TPSA) is 51.0 Å². The third kappa shape index (κ3) is 4.87. The molecule has 3 aromatic rings. The van der Waals surface area contributed by atoms with Crippen molar-refractivity contribution in [2.24, 2.45) is 0 Å². The molecule has 0 bridgehead atoms. The van der Waals surface area contributed by atoms with E-state index < -0.39 is 11.6 Å². The van der Waals surface area contributed by atoms with E-state index in [4.69, 9.17) is 0 Å². The molecule has 0 N–H and O–H groups in total. The van der Waals surface area contributed by atoms with Crippen molar-refractivity contribution in [3.05, 3.63) is 77.1 Å². The van der Waals surface area contributed by atoms with Gasteiger partial charge in [-0.15, -0.1) is 10.2 Å². The van der Waals surface area contributed by atoms with E-state index in [-0.39, 0.29) is 24.2 Å². The van der Waals surface area contributed by atoms with Crippen LogP contribution in [0.15, 0.2) is 53.7 Å². The van der Waals surface area contributed by atoms with Crippen molar-refractivity contribution in [2.45, 2.75) is 44.1 Å². The van der Waals surface area contributed by atoms with Gasteiger partial charge >= 0.3 is 0 Å². The molecule has 0 atom stereocenters. The summed E-state index contributed by atoms with van der Waals surface area (Å²) in [6.45, 7) is 2.66. The highest BCUT2D eigenvalue weighted by Gasteiger charge is 2.33. The van der Waals surface area contributed by atoms with Gasteiger partial charge in [-0.05, 0) is 31.4 Å². The van der Waals surface area contributed by atoms with Gasteiger partial charge in [0.05, 0.1) is 12.3 Å². The number of thioether (sulfide) groups is 1. The Bertz CT molecular complexity index is 1040. The van der Waals surface area contributed by atoms with Gasteiger partial charge in [-0.3, -0.25) is 4.79 Å². The van der Waals surface area contributed by atoms with Crippen molar-refractivity contribution in [3.63, 3.8) is 0 Å². The summed E-state index contributed by atoms with van der Waals surface area (Å²) in [6, 6.07) is 13.6. The van der Waals surface area contributed by atoms with Gasteiger partial charge < -0.3 is 9.47 Å². The van der Waals surface area contributed by atoms with E-state index in [0.717, 1.165) is 30.3 Å². The van der Waals surface area contributed by atoms with Gasteiger partial charge in [0.15, 0.2) is 5.16 Å². The van der Waals surface area contributed by atoms with E-state index in [1.807, 2.05) is 41.8 Å². The fourth-order valence-corrected chi connectivity index (χ4v) is 4.14. The van der Waals surface area contributed by atoms with Gasteiger partial charge in [0.25, 0.3) is 0 Å². The number of carbonyl (C=O) groups excluding carboxylic acids is 1. The molecule has 0 aliphatic heterocycles. The normalized spacial score (nSPS) is 13.4. The first-order chi connectivity index (χ1) is 14.5. The molecule has 1 aromatic heterocycles. The monoisotopic (exact) mass is 428 g/mol. The van der Waals surface area contributed by atoms with Gasteiger partial charge in [0.2, 0.25) is 5.91 Å². The molecule has 1 saturated carbocycles. The highest BCUT2D eigenvalue weighted by Crippen LogP contribution is 2.30. The minimum absolute atomic E-state index is 0.0851. The lowest BCUT2D eigenvalue weighted by atomic mass is 10.2. The molecule has 4 rings (SSSR count). The van der Waals surface area contributed by atoms with Crippen molar-refractivity contribution in [3.8, 4) is 0 Å². The first-order valence-corrected chi connectivity index (χ1v) is 10.8. The average molecular weight is 429 g/mol. The Kier molecular flexibility index (Phi) is 6.13. The summed E-state index contributed by atoms with van der Waals surface area (Å²) >= 11 is 1.33. The maximum Gasteiger partial charge on any atom is 0.233 e. The van der Waals surface area contributed by atoms with Crippen LogP contribution in [0.1, 0.15) is 29.8 Å². The van der Waals surface area contributed by atoms with Crippen LogP contribution in [0, 0.1) is 18.6 Å². The molecule has 1 amide bonds. The van der Waals surface area contributed by atoms with E-state index in [9.17, 15) is 13.6 Å². The summed E-state index contributed by atoms with van der Waals surface area (Å²) in [4.78, 5) is 14.6. The van der Waals surface area contributed by atoms with Crippen molar-refractivity contribution in [1.82, 2.24) is 19.7 Å². The number of nitrogens with zero attached hydrogens (tertiary/aromatic N) is 4. The molecule has 1 heterocycles. The molecule has 156 valence electrons. The van der Waals surface area contributed by atoms with Gasteiger partial charge in [-0.1, -0.05) is 48.2 Å². The quantitative estimate of drug-likeness (QED) is 0.505. The number of aryl methyl sites for hydroxylation is 1. The highest BCUT2D eigenvalue weighted by molar-refractivity contribution is 7.99. The lowest BCUT2D eigenvalue weighted by Gasteiger charge is -2.22. The molecule has 8 heteroatoms. The number of rotatable bonds is 8. The smallest absolute Gasteiger partial charge is 0.233 e. The first-order valence-electron chi connectivity index (χ1n) is 9.81. The van der Waals surface area contributed by atoms with E-state index in [1.54, 1.807) is 4.90 Å². The summed E-state index contributed by atoms with van der Waals surface area (Å²) in [5, 5.41) is 9.04. The Morgan fingerprint density at radius 2 is 1.93 bits per heavy atom. The molecule has 1 fully saturated rings. The van der Waals surface area contributed by atoms with Crippen LogP contribution in [-0.4, -0.2) is 37.4 Å². The molecule has 5 nitrogen and oxygen atoms in total. The second kappa shape index (κ2) is 8.95. The van der Waals surface area contributed by atoms with Gasteiger partial charge in [0.1, 0.15) is 17.5 Å². The van der Waals surface area contributed by atoms with E-state index in [0.29, 0.717) is 17.3 Å². The van der Waals surface area contributed by atoms with Crippen molar-refractivity contribution < 1.29 is 13.6 Å². The maximum atomic E-state index is 14.1. The standard InChI is InChI=1S/C22H22F2N4OS/c1-15-25-26-22(27(15)12-16-5-3-2-4-6-16)30-14-21(29)28(19-9-10-19)13-17-7-8-18(23)11-20(17)24/h2-8,11,19H,9-10,12-14H2,1H3. The minimum Gasteiger partial charge on any atom is -0.335 e. The molecule has 1 aliphatic carbocycles. The van der Waals surface area contributed by atoms with Crippen LogP contribution in [0.5, 0.6) is 0 Å². The predicted molar refractivity (Wildman–Crippen MR) is 111 cm³/mol. The Hall–Kier alpha value is -2.74. The van der Waals surface area contributed by atoms with Gasteiger partial charge in [-0.25, -0.2) is 8.78 Å². The number of amides is 1. The summed E-state index contributed by atoms with van der Waals surface area (Å²) < 4.78 is 29.2. The molecule has 0 radical (unpaired) electrons. The number of hydrogen-bond acceptors (Lipinski definition) is 4. The fourth-order valence-electron chi connectivity index (χ4n) is 3.27. The SMILES string of the molecule is Cc1nnc(SCC(=O)N(Cc2ccc(F)cc2F)C2CC2)n1Cc1ccccc1. The summed E-state index contributed by atoms with van der Waals surface area (Å²) in [7, 11) is 0. The second-order valence-electron chi connectivity index (χ2n) is 7.38. The number of halogens is 2. The van der Waals surface area contributed by atoms with Crippen molar-refractivity contribution in [2.75, 3.05) is 5.75 Å². The number of aromatic nitrogens is 3. The van der Waals surface area contributed by atoms with Crippen molar-refractivity contribution >= 4 is 17.7 Å². The zero-order valence-electron chi connectivity index (χ0n) is 16.6. The third-order valence-corrected chi connectivity index (χ3v) is 6.03. The largest absolute Gasteiger partial charge is 0.335 e. The zero-order valence-corrected chi connectivity index (χ0v) is 17.4. The molecule has 30 heavy (non-hydrogen) atoms. The molecule has 1 aliphatic rings. The van der Waals surface area contributed by atoms with Crippen LogP contribution in [0.2, 0.25) is 0 Å². The first kappa shape index (κ1) is 20.5. The van der Waals surface area contributed by atoms with Crippen molar-refractivity contribution in [1.29, 1.82) is 0 Å². The van der Waals surface area contributed by atoms with Crippen LogP contribution in [-0.2, 0) is 17.9 Å². The lowest BCUT2D eigenvalue weighted by Crippen LogP contribution is -2.34. The Morgan fingerprint density at radius 3 is 2.63 bits per heavy atom. The minimum atomic E-state index is -0.626. The lowest BCUT2D eigenvalue weighted by molar-refractivity contribution is -0.129. The Morgan fingerprint density at radius 1 is 1.17 bits per heavy atom. The molecular weight excluding hydrogens is 406 g/mol. The molecular formula is C22H22F2N4OS. The second-order valence-corrected chi connectivity index (χ2v) is 8.32. The third-order valence-electron chi connectivity index (χ3n) is 5.07. The average Bonchev–Trinajstić information content (AvgIpc) is 3.52. The van der Waals surface area contributed by atoms with Crippen LogP contribution >= 0.6 is 11.8 Å². The van der Waals surface area contributed by atoms with E-state index in [2.05, 4.69) is 10.2 Å². The van der Waals surface area contributed by atoms with Gasteiger partial charge in [0, 0.05) is 24.2 Å². The fraction of sp³-hybridized carbons (Fsp3) is 0.318. The van der Waals surface area contributed by atoms with Crippen LogP contribution in [0.4, 0.5) is 8.78 Å². The number of hydrogen-bond donors (Lipinski definition) is 0. The van der Waals surface area contributed by atoms with Gasteiger partial charge in [-0.2, -0.15) is 0 Å². The summed E-state index contributed by atoms with van der Waals surface area (Å²) in [5.74, 6) is -0.366. The predicted octanol–water partition coefficient (Wildman–Crippen LogP) is 4.20. The Balaban J connectivity index is 1.43. The number of carbonyl (C=O) groups is 1. The maximum absolute atomic E-state index is 14.1. The van der Waals surface area contributed by atoms with Crippen LogP contribution in [0.3, 0.4) is 0 Å². The molecule has 0 saturated heterocycles. The zero-order chi connectivity index (χ0) is 21.1. The molecule has 2 aromatic carbocycles. The molecule has 0 spiro atoms.